The van der Waals surface area contributed by atoms with Crippen LogP contribution in [0, 0.1) is 5.82 Å². The lowest BCUT2D eigenvalue weighted by Gasteiger charge is -2.07. The first-order chi connectivity index (χ1) is 16.0. The minimum absolute atomic E-state index is 0.152. The Hall–Kier alpha value is -3.99. The lowest BCUT2D eigenvalue weighted by Crippen LogP contribution is -2.22. The number of aryl methyl sites for hydroxylation is 1. The number of aromatic nitrogens is 4. The predicted molar refractivity (Wildman–Crippen MR) is 120 cm³/mol. The number of hydrogen-bond donors (Lipinski definition) is 2. The third-order valence-electron chi connectivity index (χ3n) is 4.56. The number of rotatable bonds is 8. The van der Waals surface area contributed by atoms with Gasteiger partial charge in [-0.25, -0.2) is 9.07 Å². The van der Waals surface area contributed by atoms with Gasteiger partial charge in [0.2, 0.25) is 11.1 Å². The van der Waals surface area contributed by atoms with Crippen molar-refractivity contribution in [1.82, 2.24) is 25.5 Å². The summed E-state index contributed by atoms with van der Waals surface area (Å²) in [5.74, 6) is 0.504. The second-order valence-electron chi connectivity index (χ2n) is 6.95. The number of tetrazole rings is 1. The monoisotopic (exact) mass is 466 g/mol. The average molecular weight is 466 g/mol. The number of carbonyl (C=O) groups is 2. The standard InChI is InChI=1S/C22H19FN6O3S/c1-29-22(26-27-28-29)33-13-20(30)25-17-8-4-15(5-9-17)21(31)24-12-18-10-11-19(32-18)14-2-6-16(23)7-3-14/h2-11H,12-13H2,1H3,(H,24,31)(H,25,30). The number of furan rings is 1. The van der Waals surface area contributed by atoms with Crippen LogP contribution in [0.5, 0.6) is 0 Å². The third kappa shape index (κ3) is 5.83. The molecule has 0 spiro atoms. The minimum atomic E-state index is -0.318. The molecule has 33 heavy (non-hydrogen) atoms. The van der Waals surface area contributed by atoms with Crippen molar-refractivity contribution in [3.63, 3.8) is 0 Å². The highest BCUT2D eigenvalue weighted by Crippen LogP contribution is 2.22. The minimum Gasteiger partial charge on any atom is -0.459 e. The maximum atomic E-state index is 13.1. The van der Waals surface area contributed by atoms with E-state index in [9.17, 15) is 14.0 Å². The van der Waals surface area contributed by atoms with E-state index in [0.717, 1.165) is 5.56 Å². The van der Waals surface area contributed by atoms with Crippen LogP contribution >= 0.6 is 11.8 Å². The number of halogens is 1. The Morgan fingerprint density at radius 2 is 1.82 bits per heavy atom. The molecule has 0 aliphatic heterocycles. The molecule has 9 nitrogen and oxygen atoms in total. The van der Waals surface area contributed by atoms with Crippen molar-refractivity contribution < 1.29 is 18.4 Å². The van der Waals surface area contributed by atoms with Crippen molar-refractivity contribution in [2.24, 2.45) is 7.05 Å². The molecule has 0 radical (unpaired) electrons. The van der Waals surface area contributed by atoms with Crippen LogP contribution in [0.25, 0.3) is 11.3 Å². The molecular weight excluding hydrogens is 447 g/mol. The van der Waals surface area contributed by atoms with Crippen molar-refractivity contribution in [1.29, 1.82) is 0 Å². The van der Waals surface area contributed by atoms with E-state index in [4.69, 9.17) is 4.42 Å². The zero-order chi connectivity index (χ0) is 23.2. The van der Waals surface area contributed by atoms with Gasteiger partial charge in [0.05, 0.1) is 12.3 Å². The average Bonchev–Trinajstić information content (AvgIpc) is 3.46. The Bertz CT molecular complexity index is 1250. The molecule has 2 amide bonds. The van der Waals surface area contributed by atoms with E-state index in [1.54, 1.807) is 55.6 Å². The van der Waals surface area contributed by atoms with Crippen LogP contribution in [0.2, 0.25) is 0 Å². The SMILES string of the molecule is Cn1nnnc1SCC(=O)Nc1ccc(C(=O)NCc2ccc(-c3ccc(F)cc3)o2)cc1. The molecule has 4 aromatic rings. The molecule has 2 heterocycles. The molecule has 0 unspecified atom stereocenters. The van der Waals surface area contributed by atoms with E-state index in [0.29, 0.717) is 27.9 Å². The number of carbonyl (C=O) groups excluding carboxylic acids is 2. The van der Waals surface area contributed by atoms with Crippen molar-refractivity contribution in [2.75, 3.05) is 11.1 Å². The number of anilines is 1. The van der Waals surface area contributed by atoms with E-state index < -0.39 is 0 Å². The van der Waals surface area contributed by atoms with Crippen molar-refractivity contribution >= 4 is 29.3 Å². The first-order valence-electron chi connectivity index (χ1n) is 9.86. The molecule has 0 atom stereocenters. The summed E-state index contributed by atoms with van der Waals surface area (Å²) in [6, 6.07) is 16.1. The molecule has 2 aromatic carbocycles. The fourth-order valence-electron chi connectivity index (χ4n) is 2.89. The number of benzene rings is 2. The van der Waals surface area contributed by atoms with Crippen molar-refractivity contribution in [3.8, 4) is 11.3 Å². The van der Waals surface area contributed by atoms with Gasteiger partial charge in [0.25, 0.3) is 5.91 Å². The Morgan fingerprint density at radius 3 is 2.52 bits per heavy atom. The van der Waals surface area contributed by atoms with Crippen LogP contribution in [0.3, 0.4) is 0 Å². The Balaban J connectivity index is 1.26. The fraction of sp³-hybridized carbons (Fsp3) is 0.136. The van der Waals surface area contributed by atoms with E-state index in [2.05, 4.69) is 26.2 Å². The summed E-state index contributed by atoms with van der Waals surface area (Å²) in [6.07, 6.45) is 0. The molecule has 0 aliphatic rings. The molecule has 0 fully saturated rings. The van der Waals surface area contributed by atoms with Crippen LogP contribution in [0.15, 0.2) is 70.2 Å². The molecular formula is C22H19FN6O3S. The second-order valence-corrected chi connectivity index (χ2v) is 7.90. The molecule has 0 saturated carbocycles. The van der Waals surface area contributed by atoms with Crippen molar-refractivity contribution in [3.05, 3.63) is 77.8 Å². The van der Waals surface area contributed by atoms with Crippen molar-refractivity contribution in [2.45, 2.75) is 11.7 Å². The number of nitrogens with zero attached hydrogens (tertiary/aromatic N) is 4. The lowest BCUT2D eigenvalue weighted by atomic mass is 10.2. The van der Waals surface area contributed by atoms with Gasteiger partial charge in [0, 0.05) is 23.9 Å². The fourth-order valence-corrected chi connectivity index (χ4v) is 3.54. The molecule has 168 valence electrons. The molecule has 2 aromatic heterocycles. The summed E-state index contributed by atoms with van der Waals surface area (Å²) in [4.78, 5) is 24.5. The Morgan fingerprint density at radius 1 is 1.06 bits per heavy atom. The molecule has 4 rings (SSSR count). The van der Waals surface area contributed by atoms with Gasteiger partial charge < -0.3 is 15.1 Å². The Labute approximate surface area is 192 Å². The summed E-state index contributed by atoms with van der Waals surface area (Å²) in [5, 5.41) is 17.1. The highest BCUT2D eigenvalue weighted by Gasteiger charge is 2.11. The second kappa shape index (κ2) is 10.1. The maximum Gasteiger partial charge on any atom is 0.251 e. The van der Waals surface area contributed by atoms with Gasteiger partial charge in [-0.3, -0.25) is 9.59 Å². The zero-order valence-corrected chi connectivity index (χ0v) is 18.3. The molecule has 11 heteroatoms. The summed E-state index contributed by atoms with van der Waals surface area (Å²) >= 11 is 1.22. The van der Waals surface area contributed by atoms with Gasteiger partial charge in [-0.15, -0.1) is 5.10 Å². The van der Waals surface area contributed by atoms with Gasteiger partial charge in [-0.05, 0) is 71.1 Å². The number of nitrogens with one attached hydrogen (secondary N) is 2. The van der Waals surface area contributed by atoms with E-state index in [1.807, 2.05) is 0 Å². The van der Waals surface area contributed by atoms with Crippen LogP contribution in [-0.2, 0) is 18.4 Å². The van der Waals surface area contributed by atoms with Gasteiger partial charge in [0.15, 0.2) is 0 Å². The summed E-state index contributed by atoms with van der Waals surface area (Å²) in [6.45, 7) is 0.201. The summed E-state index contributed by atoms with van der Waals surface area (Å²) in [5.41, 5.74) is 1.76. The number of amides is 2. The largest absolute Gasteiger partial charge is 0.459 e. The van der Waals surface area contributed by atoms with Crippen LogP contribution in [0.4, 0.5) is 10.1 Å². The topological polar surface area (TPSA) is 115 Å². The first-order valence-corrected chi connectivity index (χ1v) is 10.8. The summed E-state index contributed by atoms with van der Waals surface area (Å²) < 4.78 is 20.3. The number of thioether (sulfide) groups is 1. The smallest absolute Gasteiger partial charge is 0.251 e. The third-order valence-corrected chi connectivity index (χ3v) is 5.57. The Kier molecular flexibility index (Phi) is 6.79. The van der Waals surface area contributed by atoms with Gasteiger partial charge >= 0.3 is 0 Å². The van der Waals surface area contributed by atoms with E-state index >= 15 is 0 Å². The maximum absolute atomic E-state index is 13.1. The molecule has 2 N–H and O–H groups in total. The highest BCUT2D eigenvalue weighted by molar-refractivity contribution is 7.99. The van der Waals surface area contributed by atoms with Gasteiger partial charge in [-0.2, -0.15) is 0 Å². The quantitative estimate of drug-likeness (QED) is 0.383. The highest BCUT2D eigenvalue weighted by atomic mass is 32.2. The predicted octanol–water partition coefficient (Wildman–Crippen LogP) is 3.27. The number of hydrogen-bond acceptors (Lipinski definition) is 7. The zero-order valence-electron chi connectivity index (χ0n) is 17.5. The van der Waals surface area contributed by atoms with Crippen LogP contribution < -0.4 is 10.6 Å². The molecule has 0 aliphatic carbocycles. The molecule has 0 bridgehead atoms. The van der Waals surface area contributed by atoms with E-state index in [1.165, 1.54) is 28.6 Å². The van der Waals surface area contributed by atoms with Crippen LogP contribution in [-0.4, -0.2) is 37.8 Å². The van der Waals surface area contributed by atoms with Crippen LogP contribution in [0.1, 0.15) is 16.1 Å². The van der Waals surface area contributed by atoms with E-state index in [-0.39, 0.29) is 29.9 Å². The van der Waals surface area contributed by atoms with Gasteiger partial charge in [-0.1, -0.05) is 11.8 Å². The normalized spacial score (nSPS) is 10.7. The first kappa shape index (κ1) is 22.2. The molecule has 0 saturated heterocycles. The summed E-state index contributed by atoms with van der Waals surface area (Å²) in [7, 11) is 1.69. The lowest BCUT2D eigenvalue weighted by molar-refractivity contribution is -0.113. The van der Waals surface area contributed by atoms with Gasteiger partial charge in [0.1, 0.15) is 17.3 Å².